The van der Waals surface area contributed by atoms with E-state index in [0.29, 0.717) is 24.7 Å². The summed E-state index contributed by atoms with van der Waals surface area (Å²) in [5.74, 6) is 0.843. The van der Waals surface area contributed by atoms with Gasteiger partial charge in [0.05, 0.1) is 15.7 Å². The second kappa shape index (κ2) is 10.2. The van der Waals surface area contributed by atoms with E-state index in [1.54, 1.807) is 28.9 Å². The lowest BCUT2D eigenvalue weighted by atomic mass is 9.99. The third-order valence-electron chi connectivity index (χ3n) is 6.37. The molecular weight excluding hydrogens is 540 g/mol. The lowest BCUT2D eigenvalue weighted by Gasteiger charge is -2.32. The van der Waals surface area contributed by atoms with Crippen molar-refractivity contribution in [3.63, 3.8) is 0 Å². The molecule has 4 aromatic rings. The molecule has 1 saturated heterocycles. The molecule has 0 spiro atoms. The van der Waals surface area contributed by atoms with Gasteiger partial charge in [0.1, 0.15) is 18.6 Å². The number of fused-ring (bicyclic) bond motifs is 1. The number of halogens is 3. The maximum Gasteiger partial charge on any atom is 0.246 e. The molecule has 0 amide bonds. The summed E-state index contributed by atoms with van der Waals surface area (Å²) in [4.78, 5) is 4.75. The molecule has 1 unspecified atom stereocenters. The highest BCUT2D eigenvalue weighted by atomic mass is 35.5. The zero-order valence-corrected chi connectivity index (χ0v) is 22.5. The Hall–Kier alpha value is -2.30. The lowest BCUT2D eigenvalue weighted by Crippen LogP contribution is -2.42. The van der Waals surface area contributed by atoms with Crippen LogP contribution >= 0.6 is 34.8 Å². The number of aromatic nitrogens is 3. The van der Waals surface area contributed by atoms with Gasteiger partial charge in [-0.25, -0.2) is 13.4 Å². The van der Waals surface area contributed by atoms with Crippen LogP contribution in [-0.4, -0.2) is 54.8 Å². The average Bonchev–Trinajstić information content (AvgIpc) is 3.23. The van der Waals surface area contributed by atoms with Crippen molar-refractivity contribution >= 4 is 69.6 Å². The van der Waals surface area contributed by atoms with Gasteiger partial charge in [0.15, 0.2) is 5.65 Å². The quantitative estimate of drug-likeness (QED) is 0.358. The lowest BCUT2D eigenvalue weighted by molar-refractivity contribution is 0.275. The third kappa shape index (κ3) is 4.83. The Balaban J connectivity index is 1.39. The molecule has 1 fully saturated rings. The Morgan fingerprint density at radius 1 is 1.06 bits per heavy atom. The number of anilines is 1. The Bertz CT molecular complexity index is 1530. The molecule has 36 heavy (non-hydrogen) atoms. The fourth-order valence-electron chi connectivity index (χ4n) is 4.52. The summed E-state index contributed by atoms with van der Waals surface area (Å²) in [5.41, 5.74) is 3.24. The van der Waals surface area contributed by atoms with Crippen LogP contribution in [0.15, 0.2) is 59.6 Å². The normalized spacial score (nSPS) is 16.9. The monoisotopic (exact) mass is 561 g/mol. The van der Waals surface area contributed by atoms with Gasteiger partial charge < -0.3 is 5.32 Å². The van der Waals surface area contributed by atoms with Crippen LogP contribution in [0, 0.1) is 5.92 Å². The van der Waals surface area contributed by atoms with Crippen LogP contribution in [-0.2, 0) is 10.0 Å². The van der Waals surface area contributed by atoms with Crippen LogP contribution in [0.1, 0.15) is 12.8 Å². The van der Waals surface area contributed by atoms with Crippen LogP contribution in [0.5, 0.6) is 0 Å². The molecule has 3 heterocycles. The first-order chi connectivity index (χ1) is 17.3. The molecule has 7 nitrogen and oxygen atoms in total. The number of nitrogens with zero attached hydrogens (tertiary/aromatic N) is 4. The van der Waals surface area contributed by atoms with E-state index >= 15 is 0 Å². The summed E-state index contributed by atoms with van der Waals surface area (Å²) in [7, 11) is -1.86. The largest absolute Gasteiger partial charge is 0.370 e. The molecule has 2 aromatic heterocycles. The van der Waals surface area contributed by atoms with Crippen molar-refractivity contribution in [2.75, 3.05) is 25.0 Å². The molecule has 1 aliphatic heterocycles. The molecule has 0 bridgehead atoms. The molecule has 2 aromatic carbocycles. The zero-order valence-electron chi connectivity index (χ0n) is 19.5. The van der Waals surface area contributed by atoms with Gasteiger partial charge in [-0.2, -0.15) is 13.9 Å². The second-order valence-corrected chi connectivity index (χ2v) is 12.0. The Morgan fingerprint density at radius 3 is 2.53 bits per heavy atom. The van der Waals surface area contributed by atoms with Crippen LogP contribution in [0.3, 0.4) is 0 Å². The van der Waals surface area contributed by atoms with Crippen molar-refractivity contribution in [1.29, 1.82) is 0 Å². The summed E-state index contributed by atoms with van der Waals surface area (Å²) in [6.07, 6.45) is 3.40. The summed E-state index contributed by atoms with van der Waals surface area (Å²) >= 11 is 18.9. The maximum absolute atomic E-state index is 13.4. The first-order valence-corrected chi connectivity index (χ1v) is 14.1. The summed E-state index contributed by atoms with van der Waals surface area (Å²) in [6, 6.07) is 14.2. The summed E-state index contributed by atoms with van der Waals surface area (Å²) in [6.45, 7) is 1.35. The van der Waals surface area contributed by atoms with E-state index in [4.69, 9.17) is 39.8 Å². The smallest absolute Gasteiger partial charge is 0.246 e. The van der Waals surface area contributed by atoms with E-state index in [-0.39, 0.29) is 20.9 Å². The van der Waals surface area contributed by atoms with Gasteiger partial charge in [0.25, 0.3) is 0 Å². The predicted octanol–water partition coefficient (Wildman–Crippen LogP) is 4.13. The van der Waals surface area contributed by atoms with Crippen molar-refractivity contribution in [3.05, 3.63) is 69.8 Å². The summed E-state index contributed by atoms with van der Waals surface area (Å²) in [5, 5.41) is 8.82. The van der Waals surface area contributed by atoms with Gasteiger partial charge in [0.2, 0.25) is 10.0 Å². The van der Waals surface area contributed by atoms with Crippen LogP contribution in [0.4, 0.5) is 5.82 Å². The number of rotatable bonds is 6. The molecule has 5 rings (SSSR count). The van der Waals surface area contributed by atoms with Crippen molar-refractivity contribution in [3.8, 4) is 11.3 Å². The highest BCUT2D eigenvalue weighted by Gasteiger charge is 2.33. The van der Waals surface area contributed by atoms with Crippen molar-refractivity contribution in [2.24, 2.45) is 5.92 Å². The van der Waals surface area contributed by atoms with E-state index in [2.05, 4.69) is 10.4 Å². The van der Waals surface area contributed by atoms with Crippen molar-refractivity contribution in [2.45, 2.75) is 17.7 Å². The van der Waals surface area contributed by atoms with Crippen LogP contribution in [0.2, 0.25) is 15.1 Å². The number of nitrogens with one attached hydrogen (secondary N) is 1. The molecule has 1 atom stereocenters. The van der Waals surface area contributed by atoms with E-state index in [1.165, 1.54) is 4.31 Å². The average molecular weight is 563 g/mol. The van der Waals surface area contributed by atoms with E-state index in [9.17, 15) is 8.42 Å². The number of sulfonamides is 1. The van der Waals surface area contributed by atoms with Gasteiger partial charge in [-0.1, -0.05) is 59.1 Å². The Kier molecular flexibility index (Phi) is 7.20. The number of hydrogen-bond donors (Lipinski definition) is 1. The van der Waals surface area contributed by atoms with Crippen LogP contribution < -0.4 is 10.8 Å². The van der Waals surface area contributed by atoms with Crippen molar-refractivity contribution in [1.82, 2.24) is 18.9 Å². The predicted molar refractivity (Wildman–Crippen MR) is 148 cm³/mol. The highest BCUT2D eigenvalue weighted by Crippen LogP contribution is 2.34. The first-order valence-electron chi connectivity index (χ1n) is 11.5. The fraction of sp³-hybridized carbons (Fsp3) is 0.250. The maximum atomic E-state index is 13.4. The fourth-order valence-corrected chi connectivity index (χ4v) is 7.40. The molecule has 1 aliphatic rings. The molecule has 1 N–H and O–H groups in total. The van der Waals surface area contributed by atoms with E-state index < -0.39 is 10.0 Å². The highest BCUT2D eigenvalue weighted by molar-refractivity contribution is 7.89. The Morgan fingerprint density at radius 2 is 1.78 bits per heavy atom. The third-order valence-corrected chi connectivity index (χ3v) is 9.52. The first kappa shape index (κ1) is 25.4. The number of piperidine rings is 1. The van der Waals surface area contributed by atoms with Crippen LogP contribution in [0.25, 0.3) is 16.9 Å². The second-order valence-electron chi connectivity index (χ2n) is 8.87. The minimum Gasteiger partial charge on any atom is -0.370 e. The van der Waals surface area contributed by atoms with Gasteiger partial charge in [-0.3, -0.25) is 0 Å². The minimum absolute atomic E-state index is 0.0332. The topological polar surface area (TPSA) is 79.6 Å². The molecule has 0 saturated carbocycles. The molecule has 0 radical (unpaired) electrons. The van der Waals surface area contributed by atoms with Gasteiger partial charge >= 0.3 is 0 Å². The molecular formula is C24H23BCl3N5O2S. The molecule has 186 valence electrons. The zero-order chi connectivity index (χ0) is 25.4. The van der Waals surface area contributed by atoms with Gasteiger partial charge in [-0.05, 0) is 42.4 Å². The Labute approximate surface area is 225 Å². The van der Waals surface area contributed by atoms with E-state index in [1.807, 2.05) is 38.2 Å². The minimum atomic E-state index is -3.82. The molecule has 0 aliphatic carbocycles. The standard InChI is InChI=1S/C24H23BCl3N5O2S/c25-17-13-30-33-22(11-21(31-24(17)33)16-6-1-2-7-18(16)26)29-12-15-5-4-10-32(14-15)36(34,35)23-19(27)8-3-9-20(23)28/h1-3,6-9,11,13,15,29H,4-5,10,12,14,25H2. The van der Waals surface area contributed by atoms with E-state index in [0.717, 1.165) is 41.0 Å². The van der Waals surface area contributed by atoms with Gasteiger partial charge in [-0.15, -0.1) is 0 Å². The van der Waals surface area contributed by atoms with Gasteiger partial charge in [0, 0.05) is 42.5 Å². The molecule has 12 heteroatoms. The summed E-state index contributed by atoms with van der Waals surface area (Å²) < 4.78 is 30.0. The van der Waals surface area contributed by atoms with Crippen molar-refractivity contribution < 1.29 is 8.42 Å². The number of hydrogen-bond acceptors (Lipinski definition) is 5. The SMILES string of the molecule is Bc1cnn2c(NCC3CCCN(S(=O)(=O)c4c(Cl)cccc4Cl)C3)cc(-c3ccccc3Cl)nc12. The number of benzene rings is 2.